The van der Waals surface area contributed by atoms with Gasteiger partial charge in [0, 0.05) is 47.6 Å². The predicted molar refractivity (Wildman–Crippen MR) is 174 cm³/mol. The van der Waals surface area contributed by atoms with E-state index >= 15 is 0 Å². The van der Waals surface area contributed by atoms with Crippen molar-refractivity contribution in [1.82, 2.24) is 15.0 Å². The van der Waals surface area contributed by atoms with Crippen LogP contribution in [0.25, 0.3) is 87.0 Å². The predicted octanol–water partition coefficient (Wildman–Crippen LogP) is 10.3. The molecule has 0 fully saturated rings. The van der Waals surface area contributed by atoms with Crippen LogP contribution in [0.1, 0.15) is 0 Å². The Morgan fingerprint density at radius 2 is 1.00 bits per heavy atom. The third-order valence-electron chi connectivity index (χ3n) is 7.90. The van der Waals surface area contributed by atoms with E-state index in [0.717, 1.165) is 44.0 Å². The Bertz CT molecular complexity index is 2480. The SMILES string of the molecule is c1ccc(-c2nc(-c3ccc4oc5cc6ccccc6cc5c4c3)nc(-c3ccc4sc5ccccc5c4c3)n2)cc1. The highest BCUT2D eigenvalue weighted by atomic mass is 32.1. The number of thiophene rings is 1. The summed E-state index contributed by atoms with van der Waals surface area (Å²) in [6.45, 7) is 0. The van der Waals surface area contributed by atoms with Crippen molar-refractivity contribution in [1.29, 1.82) is 0 Å². The number of nitrogens with zero attached hydrogens (tertiary/aromatic N) is 3. The monoisotopic (exact) mass is 555 g/mol. The van der Waals surface area contributed by atoms with Gasteiger partial charge in [-0.05, 0) is 65.4 Å². The average Bonchev–Trinajstić information content (AvgIpc) is 3.60. The highest BCUT2D eigenvalue weighted by molar-refractivity contribution is 7.25. The molecule has 0 bridgehead atoms. The molecule has 9 rings (SSSR count). The molecule has 0 unspecified atom stereocenters. The van der Waals surface area contributed by atoms with E-state index in [4.69, 9.17) is 19.4 Å². The minimum Gasteiger partial charge on any atom is -0.456 e. The first kappa shape index (κ1) is 23.3. The smallest absolute Gasteiger partial charge is 0.164 e. The second kappa shape index (κ2) is 9.06. The fourth-order valence-electron chi connectivity index (χ4n) is 5.82. The minimum atomic E-state index is 0.631. The zero-order valence-corrected chi connectivity index (χ0v) is 23.1. The molecular weight excluding hydrogens is 534 g/mol. The van der Waals surface area contributed by atoms with E-state index in [9.17, 15) is 0 Å². The molecule has 0 aliphatic heterocycles. The summed E-state index contributed by atoms with van der Waals surface area (Å²) in [6.07, 6.45) is 0. The zero-order valence-electron chi connectivity index (χ0n) is 22.3. The van der Waals surface area contributed by atoms with Crippen molar-refractivity contribution in [2.24, 2.45) is 0 Å². The molecule has 0 saturated carbocycles. The van der Waals surface area contributed by atoms with Crippen LogP contribution in [0.4, 0.5) is 0 Å². The van der Waals surface area contributed by atoms with Gasteiger partial charge in [-0.15, -0.1) is 11.3 Å². The zero-order chi connectivity index (χ0) is 27.6. The van der Waals surface area contributed by atoms with Crippen LogP contribution in [0.2, 0.25) is 0 Å². The van der Waals surface area contributed by atoms with Crippen molar-refractivity contribution in [3.05, 3.63) is 127 Å². The summed E-state index contributed by atoms with van der Waals surface area (Å²) < 4.78 is 8.78. The van der Waals surface area contributed by atoms with Crippen LogP contribution in [-0.2, 0) is 0 Å². The summed E-state index contributed by atoms with van der Waals surface area (Å²) in [4.78, 5) is 15.0. The molecule has 3 heterocycles. The van der Waals surface area contributed by atoms with Crippen LogP contribution < -0.4 is 0 Å². The standard InChI is InChI=1S/C37H21N3OS/c1-2-8-22(9-3-1)35-38-36(40-37(39-35)26-15-17-34-30(20-26)27-12-6-7-13-33(27)42-34)25-14-16-31-28(19-25)29-18-23-10-4-5-11-24(23)21-32(29)41-31/h1-21H. The van der Waals surface area contributed by atoms with E-state index < -0.39 is 0 Å². The molecule has 5 heteroatoms. The molecule has 0 aliphatic carbocycles. The van der Waals surface area contributed by atoms with Crippen LogP contribution in [-0.4, -0.2) is 15.0 Å². The summed E-state index contributed by atoms with van der Waals surface area (Å²) in [5, 5.41) is 6.94. The molecule has 6 aromatic carbocycles. The van der Waals surface area contributed by atoms with Gasteiger partial charge in [0.05, 0.1) is 0 Å². The van der Waals surface area contributed by atoms with Crippen LogP contribution in [0.15, 0.2) is 132 Å². The second-order valence-electron chi connectivity index (χ2n) is 10.5. The molecule has 42 heavy (non-hydrogen) atoms. The first-order chi connectivity index (χ1) is 20.8. The van der Waals surface area contributed by atoms with Crippen molar-refractivity contribution >= 4 is 64.2 Å². The molecule has 9 aromatic rings. The van der Waals surface area contributed by atoms with Gasteiger partial charge in [-0.25, -0.2) is 15.0 Å². The summed E-state index contributed by atoms with van der Waals surface area (Å²) in [5.41, 5.74) is 4.55. The van der Waals surface area contributed by atoms with Gasteiger partial charge in [0.15, 0.2) is 17.5 Å². The average molecular weight is 556 g/mol. The van der Waals surface area contributed by atoms with Gasteiger partial charge < -0.3 is 4.42 Å². The third-order valence-corrected chi connectivity index (χ3v) is 9.05. The molecule has 3 aromatic heterocycles. The lowest BCUT2D eigenvalue weighted by Gasteiger charge is -2.09. The molecule has 0 spiro atoms. The maximum atomic E-state index is 6.25. The highest BCUT2D eigenvalue weighted by Crippen LogP contribution is 2.37. The van der Waals surface area contributed by atoms with Gasteiger partial charge in [0.2, 0.25) is 0 Å². The fourth-order valence-corrected chi connectivity index (χ4v) is 6.90. The Labute approximate surface area is 244 Å². The van der Waals surface area contributed by atoms with Gasteiger partial charge in [-0.1, -0.05) is 72.8 Å². The third kappa shape index (κ3) is 3.71. The quantitative estimate of drug-likeness (QED) is 0.218. The number of furan rings is 1. The van der Waals surface area contributed by atoms with Gasteiger partial charge in [-0.3, -0.25) is 0 Å². The molecule has 196 valence electrons. The maximum absolute atomic E-state index is 6.25. The number of benzene rings is 6. The Morgan fingerprint density at radius 1 is 0.405 bits per heavy atom. The molecule has 0 aliphatic rings. The number of hydrogen-bond donors (Lipinski definition) is 0. The summed E-state index contributed by atoms with van der Waals surface area (Å²) in [6, 6.07) is 44.0. The number of rotatable bonds is 3. The van der Waals surface area contributed by atoms with E-state index in [1.165, 1.54) is 25.6 Å². The maximum Gasteiger partial charge on any atom is 0.164 e. The van der Waals surface area contributed by atoms with E-state index in [0.29, 0.717) is 17.5 Å². The van der Waals surface area contributed by atoms with E-state index in [-0.39, 0.29) is 0 Å². The van der Waals surface area contributed by atoms with Crippen LogP contribution in [0.5, 0.6) is 0 Å². The first-order valence-electron chi connectivity index (χ1n) is 13.9. The number of hydrogen-bond acceptors (Lipinski definition) is 5. The Balaban J connectivity index is 1.26. The highest BCUT2D eigenvalue weighted by Gasteiger charge is 2.16. The van der Waals surface area contributed by atoms with Crippen LogP contribution >= 0.6 is 11.3 Å². The Kier molecular flexibility index (Phi) is 5.03. The molecule has 0 radical (unpaired) electrons. The minimum absolute atomic E-state index is 0.631. The molecule has 0 amide bonds. The van der Waals surface area contributed by atoms with Crippen molar-refractivity contribution in [2.45, 2.75) is 0 Å². The van der Waals surface area contributed by atoms with E-state index in [1.807, 2.05) is 42.5 Å². The number of aromatic nitrogens is 3. The van der Waals surface area contributed by atoms with Crippen molar-refractivity contribution < 1.29 is 4.42 Å². The Morgan fingerprint density at radius 3 is 1.81 bits per heavy atom. The summed E-state index contributed by atoms with van der Waals surface area (Å²) in [7, 11) is 0. The van der Waals surface area contributed by atoms with Gasteiger partial charge in [0.1, 0.15) is 11.2 Å². The second-order valence-corrected chi connectivity index (χ2v) is 11.6. The van der Waals surface area contributed by atoms with Crippen LogP contribution in [0.3, 0.4) is 0 Å². The lowest BCUT2D eigenvalue weighted by molar-refractivity contribution is 0.669. The Hall–Kier alpha value is -5.39. The molecule has 0 N–H and O–H groups in total. The van der Waals surface area contributed by atoms with Crippen LogP contribution in [0, 0.1) is 0 Å². The largest absolute Gasteiger partial charge is 0.456 e. The fraction of sp³-hybridized carbons (Fsp3) is 0. The van der Waals surface area contributed by atoms with Crippen molar-refractivity contribution in [2.75, 3.05) is 0 Å². The van der Waals surface area contributed by atoms with Gasteiger partial charge in [0.25, 0.3) is 0 Å². The normalized spacial score (nSPS) is 11.8. The topological polar surface area (TPSA) is 51.8 Å². The van der Waals surface area contributed by atoms with Crippen molar-refractivity contribution in [3.63, 3.8) is 0 Å². The van der Waals surface area contributed by atoms with Gasteiger partial charge in [-0.2, -0.15) is 0 Å². The molecule has 4 nitrogen and oxygen atoms in total. The van der Waals surface area contributed by atoms with Gasteiger partial charge >= 0.3 is 0 Å². The van der Waals surface area contributed by atoms with E-state index in [1.54, 1.807) is 11.3 Å². The lowest BCUT2D eigenvalue weighted by atomic mass is 10.0. The summed E-state index contributed by atoms with van der Waals surface area (Å²) in [5.74, 6) is 1.93. The number of fused-ring (bicyclic) bond motifs is 7. The van der Waals surface area contributed by atoms with E-state index in [2.05, 4.69) is 84.9 Å². The first-order valence-corrected chi connectivity index (χ1v) is 14.7. The lowest BCUT2D eigenvalue weighted by Crippen LogP contribution is -2.00. The summed E-state index contributed by atoms with van der Waals surface area (Å²) >= 11 is 1.81. The van der Waals surface area contributed by atoms with Crippen molar-refractivity contribution in [3.8, 4) is 34.2 Å². The molecule has 0 saturated heterocycles. The molecule has 0 atom stereocenters. The molecular formula is C37H21N3OS.